The van der Waals surface area contributed by atoms with Gasteiger partial charge in [-0.1, -0.05) is 62.4 Å². The number of hydrogen-bond donors (Lipinski definition) is 0. The summed E-state index contributed by atoms with van der Waals surface area (Å²) in [7, 11) is -3.62. The van der Waals surface area contributed by atoms with Crippen LogP contribution in [-0.2, 0) is 27.8 Å². The molecule has 5 rings (SSSR count). The highest BCUT2D eigenvalue weighted by molar-refractivity contribution is 7.90. The van der Waals surface area contributed by atoms with Crippen LogP contribution in [0.3, 0.4) is 0 Å². The molecule has 3 fully saturated rings. The normalized spacial score (nSPS) is 29.7. The van der Waals surface area contributed by atoms with Gasteiger partial charge in [0.25, 0.3) is 0 Å². The van der Waals surface area contributed by atoms with E-state index in [-0.39, 0.29) is 23.2 Å². The highest BCUT2D eigenvalue weighted by Crippen LogP contribution is 2.70. The van der Waals surface area contributed by atoms with Gasteiger partial charge in [0.2, 0.25) is 15.9 Å². The standard InChI is InChI=1S/C25H29NO4S/c1-24(2)20-12-13-25(24)17-26(31(28,29)22(25)15-20)23(27)14-19-10-6-7-11-21(19)30-16-18-8-4-3-5-9-18/h3-11,20,22H,12-17H2,1-2H3/t20?,22-,25+/m0/s1. The molecule has 2 aromatic carbocycles. The molecule has 164 valence electrons. The molecule has 1 saturated heterocycles. The van der Waals surface area contributed by atoms with E-state index in [0.29, 0.717) is 31.2 Å². The number of carbonyl (C=O) groups is 1. The average Bonchev–Trinajstić information content (AvgIpc) is 3.25. The minimum Gasteiger partial charge on any atom is -0.489 e. The van der Waals surface area contributed by atoms with Gasteiger partial charge in [-0.2, -0.15) is 0 Å². The highest BCUT2D eigenvalue weighted by Gasteiger charge is 2.72. The monoisotopic (exact) mass is 439 g/mol. The van der Waals surface area contributed by atoms with E-state index in [2.05, 4.69) is 13.8 Å². The lowest BCUT2D eigenvalue weighted by molar-refractivity contribution is -0.126. The molecule has 1 amide bonds. The SMILES string of the molecule is CC1(C)C2CC[C@]13CN(C(=O)Cc1ccccc1OCc1ccccc1)S(=O)(=O)[C@H]3C2. The Morgan fingerprint density at radius 2 is 1.81 bits per heavy atom. The van der Waals surface area contributed by atoms with E-state index in [1.807, 2.05) is 54.6 Å². The lowest BCUT2D eigenvalue weighted by Gasteiger charge is -2.36. The molecule has 0 radical (unpaired) electrons. The van der Waals surface area contributed by atoms with Crippen molar-refractivity contribution in [2.75, 3.05) is 6.54 Å². The van der Waals surface area contributed by atoms with Gasteiger partial charge in [0.05, 0.1) is 11.7 Å². The predicted octanol–water partition coefficient (Wildman–Crippen LogP) is 4.18. The number of rotatable bonds is 5. The Labute approximate surface area is 184 Å². The zero-order valence-corrected chi connectivity index (χ0v) is 18.9. The van der Waals surface area contributed by atoms with Crippen LogP contribution in [0.15, 0.2) is 54.6 Å². The summed E-state index contributed by atoms with van der Waals surface area (Å²) < 4.78 is 33.9. The van der Waals surface area contributed by atoms with Crippen molar-refractivity contribution in [1.82, 2.24) is 4.31 Å². The maximum absolute atomic E-state index is 13.3. The molecule has 31 heavy (non-hydrogen) atoms. The molecular weight excluding hydrogens is 410 g/mol. The number of para-hydroxylation sites is 1. The topological polar surface area (TPSA) is 63.7 Å². The van der Waals surface area contributed by atoms with E-state index in [0.717, 1.165) is 24.0 Å². The molecule has 1 spiro atoms. The van der Waals surface area contributed by atoms with Gasteiger partial charge in [0.15, 0.2) is 0 Å². The number of fused-ring (bicyclic) bond motifs is 1. The van der Waals surface area contributed by atoms with E-state index in [4.69, 9.17) is 4.74 Å². The first-order valence-corrected chi connectivity index (χ1v) is 12.5. The quantitative estimate of drug-likeness (QED) is 0.701. The zero-order valence-electron chi connectivity index (χ0n) is 18.1. The second-order valence-corrected chi connectivity index (χ2v) is 11.9. The number of ether oxygens (including phenoxy) is 1. The van der Waals surface area contributed by atoms with E-state index < -0.39 is 15.3 Å². The number of nitrogens with zero attached hydrogens (tertiary/aromatic N) is 1. The van der Waals surface area contributed by atoms with Gasteiger partial charge in [0.1, 0.15) is 12.4 Å². The van der Waals surface area contributed by atoms with Crippen LogP contribution in [0.2, 0.25) is 0 Å². The fraction of sp³-hybridized carbons (Fsp3) is 0.480. The van der Waals surface area contributed by atoms with Crippen LogP contribution in [0.25, 0.3) is 0 Å². The molecule has 3 atom stereocenters. The summed E-state index contributed by atoms with van der Waals surface area (Å²) in [6.07, 6.45) is 2.68. The molecule has 3 aliphatic rings. The maximum atomic E-state index is 13.3. The second kappa shape index (κ2) is 7.09. The molecule has 5 nitrogen and oxygen atoms in total. The molecule has 0 aromatic heterocycles. The summed E-state index contributed by atoms with van der Waals surface area (Å²) in [5.41, 5.74) is 1.42. The Hall–Kier alpha value is -2.34. The Morgan fingerprint density at radius 3 is 2.52 bits per heavy atom. The van der Waals surface area contributed by atoms with Crippen LogP contribution < -0.4 is 4.74 Å². The number of sulfonamides is 1. The van der Waals surface area contributed by atoms with Gasteiger partial charge in [-0.15, -0.1) is 0 Å². The van der Waals surface area contributed by atoms with E-state index in [9.17, 15) is 13.2 Å². The van der Waals surface area contributed by atoms with Crippen molar-refractivity contribution in [3.05, 3.63) is 65.7 Å². The van der Waals surface area contributed by atoms with Gasteiger partial charge in [-0.25, -0.2) is 12.7 Å². The van der Waals surface area contributed by atoms with Crippen LogP contribution in [-0.4, -0.2) is 30.4 Å². The molecule has 2 aromatic rings. The van der Waals surface area contributed by atoms with Crippen LogP contribution >= 0.6 is 0 Å². The Balaban J connectivity index is 1.36. The van der Waals surface area contributed by atoms with Crippen LogP contribution in [0, 0.1) is 16.7 Å². The third kappa shape index (κ3) is 3.02. The lowest BCUT2D eigenvalue weighted by Crippen LogP contribution is -2.40. The number of amides is 1. The van der Waals surface area contributed by atoms with Crippen molar-refractivity contribution in [2.24, 2.45) is 16.7 Å². The van der Waals surface area contributed by atoms with Gasteiger partial charge in [-0.05, 0) is 42.2 Å². The van der Waals surface area contributed by atoms with Crippen LogP contribution in [0.4, 0.5) is 0 Å². The van der Waals surface area contributed by atoms with Gasteiger partial charge >= 0.3 is 0 Å². The first-order chi connectivity index (χ1) is 14.8. The van der Waals surface area contributed by atoms with Crippen molar-refractivity contribution in [3.8, 4) is 5.75 Å². The van der Waals surface area contributed by atoms with Crippen molar-refractivity contribution < 1.29 is 17.9 Å². The minimum absolute atomic E-state index is 0.0247. The summed E-state index contributed by atoms with van der Waals surface area (Å²) >= 11 is 0. The first-order valence-electron chi connectivity index (χ1n) is 11.0. The Kier molecular flexibility index (Phi) is 4.70. The molecule has 1 heterocycles. The molecule has 6 heteroatoms. The largest absolute Gasteiger partial charge is 0.489 e. The molecule has 0 N–H and O–H groups in total. The number of benzene rings is 2. The summed E-state index contributed by atoms with van der Waals surface area (Å²) in [6.45, 7) is 5.12. The number of carbonyl (C=O) groups excluding carboxylic acids is 1. The van der Waals surface area contributed by atoms with Crippen molar-refractivity contribution in [3.63, 3.8) is 0 Å². The highest BCUT2D eigenvalue weighted by atomic mass is 32.2. The molecular formula is C25H29NO4S. The fourth-order valence-electron chi connectivity index (χ4n) is 6.29. The Morgan fingerprint density at radius 1 is 1.10 bits per heavy atom. The number of hydrogen-bond acceptors (Lipinski definition) is 4. The van der Waals surface area contributed by atoms with Crippen LogP contribution in [0.1, 0.15) is 44.2 Å². The molecule has 2 bridgehead atoms. The lowest BCUT2D eigenvalue weighted by atomic mass is 9.69. The molecule has 2 aliphatic carbocycles. The fourth-order valence-corrected chi connectivity index (χ4v) is 8.90. The van der Waals surface area contributed by atoms with E-state index in [1.165, 1.54) is 4.31 Å². The summed E-state index contributed by atoms with van der Waals surface area (Å²) in [6, 6.07) is 17.2. The Bertz CT molecular complexity index is 1110. The summed E-state index contributed by atoms with van der Waals surface area (Å²) in [5, 5.41) is -0.415. The molecule has 1 unspecified atom stereocenters. The van der Waals surface area contributed by atoms with Crippen molar-refractivity contribution in [1.29, 1.82) is 0 Å². The van der Waals surface area contributed by atoms with Gasteiger partial charge < -0.3 is 4.74 Å². The van der Waals surface area contributed by atoms with E-state index >= 15 is 0 Å². The van der Waals surface area contributed by atoms with Gasteiger partial charge in [-0.3, -0.25) is 4.79 Å². The van der Waals surface area contributed by atoms with Crippen LogP contribution in [0.5, 0.6) is 5.75 Å². The van der Waals surface area contributed by atoms with Crippen molar-refractivity contribution in [2.45, 2.75) is 51.4 Å². The zero-order chi connectivity index (χ0) is 21.9. The summed E-state index contributed by atoms with van der Waals surface area (Å²) in [4.78, 5) is 13.3. The summed E-state index contributed by atoms with van der Waals surface area (Å²) in [5.74, 6) is 0.714. The molecule has 2 saturated carbocycles. The second-order valence-electron chi connectivity index (χ2n) is 9.84. The van der Waals surface area contributed by atoms with Crippen molar-refractivity contribution >= 4 is 15.9 Å². The first kappa shape index (κ1) is 20.6. The maximum Gasteiger partial charge on any atom is 0.240 e. The van der Waals surface area contributed by atoms with E-state index in [1.54, 1.807) is 0 Å². The minimum atomic E-state index is -3.62. The average molecular weight is 440 g/mol. The third-order valence-corrected chi connectivity index (χ3v) is 10.6. The third-order valence-electron chi connectivity index (χ3n) is 8.28. The predicted molar refractivity (Wildman–Crippen MR) is 119 cm³/mol. The van der Waals surface area contributed by atoms with Gasteiger partial charge in [0, 0.05) is 17.5 Å². The molecule has 1 aliphatic heterocycles. The smallest absolute Gasteiger partial charge is 0.240 e.